The second kappa shape index (κ2) is 7.18. The number of aromatic nitrogens is 1. The van der Waals surface area contributed by atoms with E-state index in [0.717, 1.165) is 29.7 Å². The van der Waals surface area contributed by atoms with E-state index in [1.807, 2.05) is 0 Å². The van der Waals surface area contributed by atoms with Crippen molar-refractivity contribution < 1.29 is 26.4 Å². The number of hydrogen-bond donors (Lipinski definition) is 2. The first-order valence-electron chi connectivity index (χ1n) is 6.53. The molecular formula is C13H11ClF3N3O3S2. The van der Waals surface area contributed by atoms with E-state index in [9.17, 15) is 26.4 Å². The molecule has 1 heterocycles. The van der Waals surface area contributed by atoms with Gasteiger partial charge in [-0.1, -0.05) is 11.6 Å². The Morgan fingerprint density at radius 3 is 2.64 bits per heavy atom. The molecule has 1 aromatic heterocycles. The first-order chi connectivity index (χ1) is 11.4. The van der Waals surface area contributed by atoms with Gasteiger partial charge in [-0.3, -0.25) is 9.52 Å². The zero-order valence-electron chi connectivity index (χ0n) is 12.5. The van der Waals surface area contributed by atoms with Gasteiger partial charge in [-0.15, -0.1) is 11.3 Å². The zero-order valence-corrected chi connectivity index (χ0v) is 14.9. The van der Waals surface area contributed by atoms with Crippen molar-refractivity contribution in [2.45, 2.75) is 12.6 Å². The third-order valence-electron chi connectivity index (χ3n) is 2.72. The number of halogens is 4. The van der Waals surface area contributed by atoms with Crippen molar-refractivity contribution in [2.24, 2.45) is 0 Å². The number of benzene rings is 1. The van der Waals surface area contributed by atoms with E-state index in [-0.39, 0.29) is 22.9 Å². The first kappa shape index (κ1) is 19.5. The molecular weight excluding hydrogens is 403 g/mol. The van der Waals surface area contributed by atoms with Gasteiger partial charge in [0.25, 0.3) is 0 Å². The van der Waals surface area contributed by atoms with Gasteiger partial charge in [0.15, 0.2) is 5.13 Å². The quantitative estimate of drug-likeness (QED) is 0.786. The lowest BCUT2D eigenvalue weighted by atomic mass is 10.2. The summed E-state index contributed by atoms with van der Waals surface area (Å²) < 4.78 is 62.7. The summed E-state index contributed by atoms with van der Waals surface area (Å²) in [6, 6.07) is 3.02. The number of nitrogens with one attached hydrogen (secondary N) is 2. The van der Waals surface area contributed by atoms with Crippen LogP contribution in [-0.2, 0) is 27.4 Å². The lowest BCUT2D eigenvalue weighted by Gasteiger charge is -2.11. The van der Waals surface area contributed by atoms with E-state index >= 15 is 0 Å². The number of hydrogen-bond acceptors (Lipinski definition) is 5. The van der Waals surface area contributed by atoms with E-state index in [0.29, 0.717) is 0 Å². The van der Waals surface area contributed by atoms with Crippen LogP contribution in [0.5, 0.6) is 0 Å². The van der Waals surface area contributed by atoms with Gasteiger partial charge in [0.1, 0.15) is 0 Å². The number of anilines is 2. The third-order valence-corrected chi connectivity index (χ3v) is 4.55. The van der Waals surface area contributed by atoms with Crippen LogP contribution in [0.25, 0.3) is 0 Å². The lowest BCUT2D eigenvalue weighted by molar-refractivity contribution is -0.137. The summed E-state index contributed by atoms with van der Waals surface area (Å²) in [5, 5.41) is 3.41. The molecule has 2 aromatic rings. The monoisotopic (exact) mass is 413 g/mol. The molecule has 2 rings (SSSR count). The molecule has 0 aliphatic heterocycles. The molecule has 0 spiro atoms. The van der Waals surface area contributed by atoms with Crippen LogP contribution in [0, 0.1) is 0 Å². The SMILES string of the molecule is CS(=O)(=O)Nc1nc(CC(=O)Nc2ccc(Cl)c(C(F)(F)F)c2)cs1. The highest BCUT2D eigenvalue weighted by molar-refractivity contribution is 7.92. The number of nitrogens with zero attached hydrogens (tertiary/aromatic N) is 1. The summed E-state index contributed by atoms with van der Waals surface area (Å²) in [7, 11) is -3.49. The molecule has 136 valence electrons. The van der Waals surface area contributed by atoms with Gasteiger partial charge in [0.2, 0.25) is 15.9 Å². The van der Waals surface area contributed by atoms with Gasteiger partial charge < -0.3 is 5.32 Å². The fraction of sp³-hybridized carbons (Fsp3) is 0.231. The fourth-order valence-corrected chi connectivity index (χ4v) is 3.57. The van der Waals surface area contributed by atoms with Crippen molar-refractivity contribution in [3.05, 3.63) is 39.9 Å². The Morgan fingerprint density at radius 2 is 2.04 bits per heavy atom. The van der Waals surface area contributed by atoms with Crippen molar-refractivity contribution in [1.82, 2.24) is 4.98 Å². The van der Waals surface area contributed by atoms with E-state index in [1.165, 1.54) is 11.4 Å². The van der Waals surface area contributed by atoms with Crippen LogP contribution in [0.3, 0.4) is 0 Å². The second-order valence-electron chi connectivity index (χ2n) is 4.94. The number of rotatable bonds is 5. The normalized spacial score (nSPS) is 12.0. The highest BCUT2D eigenvalue weighted by Crippen LogP contribution is 2.36. The van der Waals surface area contributed by atoms with E-state index in [1.54, 1.807) is 0 Å². The van der Waals surface area contributed by atoms with Gasteiger partial charge in [-0.2, -0.15) is 13.2 Å². The lowest BCUT2D eigenvalue weighted by Crippen LogP contribution is -2.16. The maximum Gasteiger partial charge on any atom is 0.417 e. The maximum absolute atomic E-state index is 12.8. The molecule has 0 unspecified atom stereocenters. The molecule has 1 aromatic carbocycles. The Kier molecular flexibility index (Phi) is 5.59. The molecule has 1 amide bonds. The molecule has 0 saturated carbocycles. The Morgan fingerprint density at radius 1 is 1.36 bits per heavy atom. The molecule has 12 heteroatoms. The molecule has 0 aliphatic rings. The van der Waals surface area contributed by atoms with E-state index in [2.05, 4.69) is 15.0 Å². The van der Waals surface area contributed by atoms with Crippen molar-refractivity contribution in [3.63, 3.8) is 0 Å². The largest absolute Gasteiger partial charge is 0.417 e. The summed E-state index contributed by atoms with van der Waals surface area (Å²) in [5.74, 6) is -0.605. The minimum atomic E-state index is -4.64. The average molecular weight is 414 g/mol. The zero-order chi connectivity index (χ0) is 18.8. The molecule has 0 atom stereocenters. The van der Waals surface area contributed by atoms with E-state index < -0.39 is 32.7 Å². The predicted molar refractivity (Wildman–Crippen MR) is 89.4 cm³/mol. The van der Waals surface area contributed by atoms with Gasteiger partial charge in [0.05, 0.1) is 29.0 Å². The van der Waals surface area contributed by atoms with Crippen LogP contribution in [0.1, 0.15) is 11.3 Å². The topological polar surface area (TPSA) is 88.2 Å². The Balaban J connectivity index is 2.06. The predicted octanol–water partition coefficient (Wildman–Crippen LogP) is 3.37. The molecule has 6 nitrogen and oxygen atoms in total. The van der Waals surface area contributed by atoms with Gasteiger partial charge in [-0.05, 0) is 18.2 Å². The smallest absolute Gasteiger partial charge is 0.326 e. The summed E-state index contributed by atoms with van der Waals surface area (Å²) >= 11 is 6.49. The maximum atomic E-state index is 12.8. The number of amides is 1. The average Bonchev–Trinajstić information content (AvgIpc) is 2.84. The third kappa shape index (κ3) is 5.87. The summed E-state index contributed by atoms with van der Waals surface area (Å²) in [4.78, 5) is 15.8. The van der Waals surface area contributed by atoms with Crippen LogP contribution in [0.4, 0.5) is 24.0 Å². The highest BCUT2D eigenvalue weighted by Gasteiger charge is 2.33. The van der Waals surface area contributed by atoms with Crippen molar-refractivity contribution >= 4 is 49.7 Å². The molecule has 0 radical (unpaired) electrons. The molecule has 25 heavy (non-hydrogen) atoms. The Bertz CT molecular complexity index is 897. The van der Waals surface area contributed by atoms with Gasteiger partial charge in [-0.25, -0.2) is 13.4 Å². The Labute approximate surface area is 150 Å². The van der Waals surface area contributed by atoms with Crippen LogP contribution in [0.15, 0.2) is 23.6 Å². The summed E-state index contributed by atoms with van der Waals surface area (Å²) in [5.41, 5.74) is -0.842. The van der Waals surface area contributed by atoms with Crippen LogP contribution in [-0.4, -0.2) is 25.6 Å². The van der Waals surface area contributed by atoms with Crippen LogP contribution >= 0.6 is 22.9 Å². The molecule has 0 fully saturated rings. The standard InChI is InChI=1S/C13H11ClF3N3O3S2/c1-25(22,23)20-12-19-8(6-24-12)5-11(21)18-7-2-3-10(14)9(4-7)13(15,16)17/h2-4,6H,5H2,1H3,(H,18,21)(H,19,20). The summed E-state index contributed by atoms with van der Waals surface area (Å²) in [6.07, 6.45) is -3.91. The van der Waals surface area contributed by atoms with E-state index in [4.69, 9.17) is 11.6 Å². The number of sulfonamides is 1. The molecule has 0 saturated heterocycles. The highest BCUT2D eigenvalue weighted by atomic mass is 35.5. The first-order valence-corrected chi connectivity index (χ1v) is 9.68. The minimum absolute atomic E-state index is 0.0635. The minimum Gasteiger partial charge on any atom is -0.326 e. The number of carbonyl (C=O) groups excluding carboxylic acids is 1. The number of carbonyl (C=O) groups is 1. The molecule has 0 bridgehead atoms. The Hall–Kier alpha value is -1.85. The van der Waals surface area contributed by atoms with Crippen LogP contribution in [0.2, 0.25) is 5.02 Å². The summed E-state index contributed by atoms with van der Waals surface area (Å²) in [6.45, 7) is 0. The van der Waals surface area contributed by atoms with Crippen molar-refractivity contribution in [3.8, 4) is 0 Å². The van der Waals surface area contributed by atoms with Crippen molar-refractivity contribution in [2.75, 3.05) is 16.3 Å². The molecule has 0 aliphatic carbocycles. The van der Waals surface area contributed by atoms with Crippen molar-refractivity contribution in [1.29, 1.82) is 0 Å². The second-order valence-corrected chi connectivity index (χ2v) is 7.95. The van der Waals surface area contributed by atoms with Crippen LogP contribution < -0.4 is 10.0 Å². The number of thiazole rings is 1. The van der Waals surface area contributed by atoms with Gasteiger partial charge >= 0.3 is 6.18 Å². The molecule has 2 N–H and O–H groups in total. The van der Waals surface area contributed by atoms with Gasteiger partial charge in [0, 0.05) is 11.1 Å². The fourth-order valence-electron chi connectivity index (χ4n) is 1.78. The number of alkyl halides is 3.